The number of hydrogen-bond acceptors (Lipinski definition) is 4. The van der Waals surface area contributed by atoms with Crippen LogP contribution in [-0.2, 0) is 4.79 Å². The van der Waals surface area contributed by atoms with E-state index in [2.05, 4.69) is 33.4 Å². The SMILES string of the molecule is CNC(=O)CN(CCC1CCN(c2cc(-c3ccccc3)ccn2)CC1)C(=O)O. The molecule has 2 amide bonds. The summed E-state index contributed by atoms with van der Waals surface area (Å²) in [5.41, 5.74) is 2.33. The fraction of sp³-hybridized carbons (Fsp3) is 0.409. The summed E-state index contributed by atoms with van der Waals surface area (Å²) in [6, 6.07) is 14.4. The Morgan fingerprint density at radius 2 is 1.90 bits per heavy atom. The molecule has 1 aliphatic rings. The second kappa shape index (κ2) is 9.91. The van der Waals surface area contributed by atoms with Crippen molar-refractivity contribution in [1.29, 1.82) is 0 Å². The van der Waals surface area contributed by atoms with Crippen LogP contribution in [0.4, 0.5) is 10.6 Å². The third-order valence-electron chi connectivity index (χ3n) is 5.48. The number of nitrogens with zero attached hydrogens (tertiary/aromatic N) is 3. The highest BCUT2D eigenvalue weighted by Crippen LogP contribution is 2.27. The van der Waals surface area contributed by atoms with Crippen molar-refractivity contribution in [2.75, 3.05) is 38.1 Å². The molecule has 7 nitrogen and oxygen atoms in total. The zero-order valence-corrected chi connectivity index (χ0v) is 16.8. The lowest BCUT2D eigenvalue weighted by Crippen LogP contribution is -2.41. The first kappa shape index (κ1) is 20.6. The van der Waals surface area contributed by atoms with Gasteiger partial charge in [0.25, 0.3) is 0 Å². The number of carbonyl (C=O) groups excluding carboxylic acids is 1. The van der Waals surface area contributed by atoms with E-state index in [0.717, 1.165) is 43.7 Å². The van der Waals surface area contributed by atoms with Crippen LogP contribution in [0.1, 0.15) is 19.3 Å². The second-order valence-corrected chi connectivity index (χ2v) is 7.37. The average molecular weight is 396 g/mol. The standard InChI is InChI=1S/C22H28N4O3/c1-23-21(27)16-26(22(28)29)14-10-17-8-12-25(13-9-17)20-15-19(7-11-24-20)18-5-3-2-4-6-18/h2-7,11,15,17H,8-10,12-14,16H2,1H3,(H,23,27)(H,28,29). The van der Waals surface area contributed by atoms with Crippen molar-refractivity contribution in [3.05, 3.63) is 48.7 Å². The third-order valence-corrected chi connectivity index (χ3v) is 5.48. The molecular weight excluding hydrogens is 368 g/mol. The fourth-order valence-electron chi connectivity index (χ4n) is 3.69. The summed E-state index contributed by atoms with van der Waals surface area (Å²) in [4.78, 5) is 30.9. The van der Waals surface area contributed by atoms with Gasteiger partial charge in [-0.3, -0.25) is 9.69 Å². The van der Waals surface area contributed by atoms with Gasteiger partial charge in [-0.1, -0.05) is 30.3 Å². The Kier molecular flexibility index (Phi) is 7.05. The number of benzene rings is 1. The first-order valence-corrected chi connectivity index (χ1v) is 10.0. The first-order valence-electron chi connectivity index (χ1n) is 10.0. The zero-order chi connectivity index (χ0) is 20.6. The Hall–Kier alpha value is -3.09. The molecule has 0 bridgehead atoms. The molecule has 29 heavy (non-hydrogen) atoms. The minimum absolute atomic E-state index is 0.110. The molecule has 1 aromatic heterocycles. The van der Waals surface area contributed by atoms with Gasteiger partial charge in [-0.15, -0.1) is 0 Å². The number of carbonyl (C=O) groups is 2. The molecule has 1 aromatic carbocycles. The van der Waals surface area contributed by atoms with E-state index in [4.69, 9.17) is 0 Å². The summed E-state index contributed by atoms with van der Waals surface area (Å²) in [6.07, 6.45) is 3.56. The van der Waals surface area contributed by atoms with Gasteiger partial charge in [-0.05, 0) is 48.4 Å². The van der Waals surface area contributed by atoms with E-state index < -0.39 is 6.09 Å². The molecule has 0 atom stereocenters. The van der Waals surface area contributed by atoms with Crippen LogP contribution in [0, 0.1) is 5.92 Å². The summed E-state index contributed by atoms with van der Waals surface area (Å²) in [6.45, 7) is 2.08. The van der Waals surface area contributed by atoms with Gasteiger partial charge in [0, 0.05) is 32.9 Å². The number of amides is 2. The van der Waals surface area contributed by atoms with Crippen molar-refractivity contribution < 1.29 is 14.7 Å². The van der Waals surface area contributed by atoms with Gasteiger partial charge in [0.05, 0.1) is 0 Å². The summed E-state index contributed by atoms with van der Waals surface area (Å²) >= 11 is 0. The smallest absolute Gasteiger partial charge is 0.407 e. The van der Waals surface area contributed by atoms with E-state index in [1.807, 2.05) is 30.5 Å². The molecule has 2 heterocycles. The molecule has 0 aliphatic carbocycles. The number of pyridine rings is 1. The van der Waals surface area contributed by atoms with Crippen LogP contribution in [0.3, 0.4) is 0 Å². The van der Waals surface area contributed by atoms with Crippen molar-refractivity contribution in [3.63, 3.8) is 0 Å². The quantitative estimate of drug-likeness (QED) is 0.751. The molecule has 0 unspecified atom stereocenters. The highest BCUT2D eigenvalue weighted by atomic mass is 16.4. The Morgan fingerprint density at radius 3 is 2.55 bits per heavy atom. The van der Waals surface area contributed by atoms with Crippen molar-refractivity contribution >= 4 is 17.8 Å². The van der Waals surface area contributed by atoms with Crippen LogP contribution in [0.25, 0.3) is 11.1 Å². The summed E-state index contributed by atoms with van der Waals surface area (Å²) < 4.78 is 0. The summed E-state index contributed by atoms with van der Waals surface area (Å²) in [7, 11) is 1.51. The van der Waals surface area contributed by atoms with Gasteiger partial charge in [0.2, 0.25) is 5.91 Å². The fourth-order valence-corrected chi connectivity index (χ4v) is 3.69. The number of anilines is 1. The largest absolute Gasteiger partial charge is 0.465 e. The first-order chi connectivity index (χ1) is 14.1. The maximum Gasteiger partial charge on any atom is 0.407 e. The molecule has 2 N–H and O–H groups in total. The van der Waals surface area contributed by atoms with Crippen LogP contribution in [0.15, 0.2) is 48.7 Å². The molecule has 0 radical (unpaired) electrons. The van der Waals surface area contributed by atoms with Gasteiger partial charge in [-0.25, -0.2) is 9.78 Å². The monoisotopic (exact) mass is 396 g/mol. The van der Waals surface area contributed by atoms with E-state index in [0.29, 0.717) is 12.5 Å². The zero-order valence-electron chi connectivity index (χ0n) is 16.8. The Balaban J connectivity index is 1.53. The molecule has 1 saturated heterocycles. The maximum atomic E-state index is 11.5. The number of nitrogens with one attached hydrogen (secondary N) is 1. The van der Waals surface area contributed by atoms with Crippen LogP contribution >= 0.6 is 0 Å². The lowest BCUT2D eigenvalue weighted by molar-refractivity contribution is -0.121. The Labute approximate surface area is 171 Å². The van der Waals surface area contributed by atoms with E-state index >= 15 is 0 Å². The van der Waals surface area contributed by atoms with Gasteiger partial charge in [-0.2, -0.15) is 0 Å². The predicted octanol–water partition coefficient (Wildman–Crippen LogP) is 3.08. The van der Waals surface area contributed by atoms with Crippen molar-refractivity contribution in [2.24, 2.45) is 5.92 Å². The van der Waals surface area contributed by atoms with Crippen molar-refractivity contribution in [1.82, 2.24) is 15.2 Å². The van der Waals surface area contributed by atoms with Crippen molar-refractivity contribution in [3.8, 4) is 11.1 Å². The van der Waals surface area contributed by atoms with Crippen LogP contribution in [0.2, 0.25) is 0 Å². The van der Waals surface area contributed by atoms with Crippen LogP contribution in [0.5, 0.6) is 0 Å². The topological polar surface area (TPSA) is 85.8 Å². The van der Waals surface area contributed by atoms with E-state index in [-0.39, 0.29) is 12.5 Å². The highest BCUT2D eigenvalue weighted by Gasteiger charge is 2.23. The van der Waals surface area contributed by atoms with Crippen molar-refractivity contribution in [2.45, 2.75) is 19.3 Å². The normalized spacial score (nSPS) is 14.4. The van der Waals surface area contributed by atoms with Gasteiger partial charge < -0.3 is 15.3 Å². The lowest BCUT2D eigenvalue weighted by atomic mass is 9.93. The number of aromatic nitrogens is 1. The molecule has 3 rings (SSSR count). The van der Waals surface area contributed by atoms with Crippen LogP contribution in [-0.4, -0.2) is 60.2 Å². The molecule has 1 fully saturated rings. The van der Waals surface area contributed by atoms with Gasteiger partial charge in [0.1, 0.15) is 12.4 Å². The average Bonchev–Trinajstić information content (AvgIpc) is 2.77. The summed E-state index contributed by atoms with van der Waals surface area (Å²) in [5, 5.41) is 11.8. The second-order valence-electron chi connectivity index (χ2n) is 7.37. The lowest BCUT2D eigenvalue weighted by Gasteiger charge is -2.33. The van der Waals surface area contributed by atoms with E-state index in [1.54, 1.807) is 0 Å². The summed E-state index contributed by atoms with van der Waals surface area (Å²) in [5.74, 6) is 1.15. The third kappa shape index (κ3) is 5.70. The van der Waals surface area contributed by atoms with Gasteiger partial charge >= 0.3 is 6.09 Å². The number of likely N-dealkylation sites (N-methyl/N-ethyl adjacent to an activating group) is 1. The molecule has 7 heteroatoms. The number of rotatable bonds is 7. The molecule has 0 spiro atoms. The maximum absolute atomic E-state index is 11.5. The Morgan fingerprint density at radius 1 is 1.17 bits per heavy atom. The minimum atomic E-state index is -1.05. The minimum Gasteiger partial charge on any atom is -0.465 e. The number of hydrogen-bond donors (Lipinski definition) is 2. The number of carboxylic acid groups (broad SMARTS) is 1. The Bertz CT molecular complexity index is 820. The molecule has 0 saturated carbocycles. The van der Waals surface area contributed by atoms with E-state index in [1.165, 1.54) is 17.5 Å². The van der Waals surface area contributed by atoms with E-state index in [9.17, 15) is 14.7 Å². The predicted molar refractivity (Wildman–Crippen MR) is 113 cm³/mol. The molecule has 1 aliphatic heterocycles. The van der Waals surface area contributed by atoms with Crippen LogP contribution < -0.4 is 10.2 Å². The molecular formula is C22H28N4O3. The highest BCUT2D eigenvalue weighted by molar-refractivity contribution is 5.81. The molecule has 2 aromatic rings. The number of piperidine rings is 1. The van der Waals surface area contributed by atoms with Gasteiger partial charge in [0.15, 0.2) is 0 Å². The molecule has 154 valence electrons.